The Kier molecular flexibility index (Phi) is 3.74. The van der Waals surface area contributed by atoms with E-state index < -0.39 is 9.84 Å². The maximum atomic E-state index is 13.0. The second-order valence-corrected chi connectivity index (χ2v) is 10.1. The monoisotopic (exact) mass is 382 g/mol. The molecule has 2 atom stereocenters. The fourth-order valence-corrected chi connectivity index (χ4v) is 7.14. The van der Waals surface area contributed by atoms with Gasteiger partial charge in [0.15, 0.2) is 9.84 Å². The number of benzene rings is 1. The average molecular weight is 383 g/mol. The van der Waals surface area contributed by atoms with Crippen molar-refractivity contribution in [2.24, 2.45) is 0 Å². The minimum Gasteiger partial charge on any atom is -0.296 e. The third kappa shape index (κ3) is 2.52. The number of hydrogen-bond acceptors (Lipinski definition) is 5. The first-order valence-corrected chi connectivity index (χ1v) is 11.1. The van der Waals surface area contributed by atoms with Gasteiger partial charge in [0.2, 0.25) is 0 Å². The standard InChI is InChI=1S/C20H18N2O2S2/c23-26(24)19-4-3-15(14-5-7-21-8-6-14)10-17(19)18-12-22(13-20(18)26)11-16-2-1-9-25-16/h1-10,18,20H,11-13H2/t18-,20-/m1/s1. The van der Waals surface area contributed by atoms with Crippen LogP contribution in [0.3, 0.4) is 0 Å². The zero-order valence-corrected chi connectivity index (χ0v) is 15.7. The number of hydrogen-bond donors (Lipinski definition) is 0. The highest BCUT2D eigenvalue weighted by Gasteiger charge is 2.50. The molecular weight excluding hydrogens is 364 g/mol. The van der Waals surface area contributed by atoms with E-state index in [0.717, 1.165) is 29.8 Å². The summed E-state index contributed by atoms with van der Waals surface area (Å²) in [5, 5.41) is 1.75. The van der Waals surface area contributed by atoms with E-state index in [9.17, 15) is 8.42 Å². The van der Waals surface area contributed by atoms with Crippen LogP contribution in [0.25, 0.3) is 11.1 Å². The normalized spacial score (nSPS) is 23.7. The number of rotatable bonds is 3. The van der Waals surface area contributed by atoms with Crippen molar-refractivity contribution in [2.75, 3.05) is 13.1 Å². The lowest BCUT2D eigenvalue weighted by molar-refractivity contribution is 0.328. The van der Waals surface area contributed by atoms with E-state index in [1.54, 1.807) is 29.8 Å². The Morgan fingerprint density at radius 2 is 1.92 bits per heavy atom. The Morgan fingerprint density at radius 3 is 2.69 bits per heavy atom. The molecular formula is C20H18N2O2S2. The van der Waals surface area contributed by atoms with E-state index in [-0.39, 0.29) is 11.2 Å². The highest BCUT2D eigenvalue weighted by molar-refractivity contribution is 7.92. The Labute approximate surface area is 157 Å². The molecule has 2 aromatic heterocycles. The van der Waals surface area contributed by atoms with Gasteiger partial charge >= 0.3 is 0 Å². The van der Waals surface area contributed by atoms with Crippen LogP contribution in [0.15, 0.2) is 65.1 Å². The van der Waals surface area contributed by atoms with Gasteiger partial charge in [-0.2, -0.15) is 0 Å². The van der Waals surface area contributed by atoms with E-state index in [1.807, 2.05) is 24.3 Å². The Balaban J connectivity index is 1.51. The van der Waals surface area contributed by atoms with Crippen molar-refractivity contribution in [3.05, 3.63) is 70.7 Å². The van der Waals surface area contributed by atoms with Crippen molar-refractivity contribution in [3.8, 4) is 11.1 Å². The van der Waals surface area contributed by atoms with E-state index in [2.05, 4.69) is 27.4 Å². The number of likely N-dealkylation sites (tertiary alicyclic amines) is 1. The molecule has 1 aromatic carbocycles. The summed E-state index contributed by atoms with van der Waals surface area (Å²) in [4.78, 5) is 8.16. The molecule has 0 radical (unpaired) electrons. The summed E-state index contributed by atoms with van der Waals surface area (Å²) in [5.74, 6) is 0.0664. The molecule has 0 N–H and O–H groups in total. The zero-order valence-electron chi connectivity index (χ0n) is 14.1. The molecule has 5 rings (SSSR count). The average Bonchev–Trinajstić information content (AvgIpc) is 3.36. The minimum atomic E-state index is -3.24. The van der Waals surface area contributed by atoms with Gasteiger partial charge < -0.3 is 0 Å². The topological polar surface area (TPSA) is 50.3 Å². The van der Waals surface area contributed by atoms with Crippen molar-refractivity contribution in [3.63, 3.8) is 0 Å². The van der Waals surface area contributed by atoms with Crippen molar-refractivity contribution < 1.29 is 8.42 Å². The SMILES string of the molecule is O=S1(=O)c2ccc(-c3ccncc3)cc2[C@H]2CN(Cc3cccs3)C[C@H]21. The summed E-state index contributed by atoms with van der Waals surface area (Å²) in [6.45, 7) is 2.25. The molecule has 4 heterocycles. The summed E-state index contributed by atoms with van der Waals surface area (Å²) in [6, 6.07) is 13.9. The molecule has 2 aliphatic heterocycles. The molecule has 3 aromatic rings. The molecule has 26 heavy (non-hydrogen) atoms. The van der Waals surface area contributed by atoms with Crippen molar-refractivity contribution in [1.82, 2.24) is 9.88 Å². The molecule has 0 bridgehead atoms. The molecule has 1 fully saturated rings. The molecule has 0 unspecified atom stereocenters. The summed E-state index contributed by atoms with van der Waals surface area (Å²) in [6.07, 6.45) is 3.53. The summed E-state index contributed by atoms with van der Waals surface area (Å²) < 4.78 is 26.1. The third-order valence-corrected chi connectivity index (χ3v) is 8.55. The number of nitrogens with zero attached hydrogens (tertiary/aromatic N) is 2. The van der Waals surface area contributed by atoms with E-state index >= 15 is 0 Å². The van der Waals surface area contributed by atoms with Crippen LogP contribution in [-0.4, -0.2) is 36.6 Å². The van der Waals surface area contributed by atoms with Gasteiger partial charge in [0.25, 0.3) is 0 Å². The molecule has 4 nitrogen and oxygen atoms in total. The molecule has 0 amide bonds. The Hall–Kier alpha value is -2.02. The Bertz CT molecular complexity index is 1050. The molecule has 132 valence electrons. The summed E-state index contributed by atoms with van der Waals surface area (Å²) in [7, 11) is -3.24. The van der Waals surface area contributed by atoms with Crippen LogP contribution in [0.2, 0.25) is 0 Å². The lowest BCUT2D eigenvalue weighted by Gasteiger charge is -2.16. The maximum Gasteiger partial charge on any atom is 0.183 e. The third-order valence-electron chi connectivity index (χ3n) is 5.43. The van der Waals surface area contributed by atoms with Gasteiger partial charge in [-0.15, -0.1) is 11.3 Å². The lowest BCUT2D eigenvalue weighted by atomic mass is 9.95. The summed E-state index contributed by atoms with van der Waals surface area (Å²) >= 11 is 1.73. The first-order chi connectivity index (χ1) is 12.6. The van der Waals surface area contributed by atoms with Crippen LogP contribution >= 0.6 is 11.3 Å². The van der Waals surface area contributed by atoms with Crippen LogP contribution in [0.5, 0.6) is 0 Å². The summed E-state index contributed by atoms with van der Waals surface area (Å²) in [5.41, 5.74) is 3.11. The predicted octanol–water partition coefficient (Wildman–Crippen LogP) is 3.57. The molecule has 0 saturated carbocycles. The Morgan fingerprint density at radius 1 is 1.08 bits per heavy atom. The number of sulfone groups is 1. The zero-order chi connectivity index (χ0) is 17.7. The van der Waals surface area contributed by atoms with Gasteiger partial charge in [-0.3, -0.25) is 9.88 Å². The predicted molar refractivity (Wildman–Crippen MR) is 103 cm³/mol. The first-order valence-electron chi connectivity index (χ1n) is 8.66. The number of thiophene rings is 1. The van der Waals surface area contributed by atoms with Crippen molar-refractivity contribution in [2.45, 2.75) is 22.6 Å². The lowest BCUT2D eigenvalue weighted by Crippen LogP contribution is -2.25. The van der Waals surface area contributed by atoms with Crippen LogP contribution in [0.4, 0.5) is 0 Å². The fourth-order valence-electron chi connectivity index (χ4n) is 4.20. The number of aromatic nitrogens is 1. The molecule has 6 heteroatoms. The highest BCUT2D eigenvalue weighted by Crippen LogP contribution is 2.46. The van der Waals surface area contributed by atoms with Gasteiger partial charge in [-0.05, 0) is 52.4 Å². The van der Waals surface area contributed by atoms with Gasteiger partial charge in [0, 0.05) is 42.8 Å². The van der Waals surface area contributed by atoms with E-state index in [0.29, 0.717) is 11.4 Å². The number of fused-ring (bicyclic) bond motifs is 3. The van der Waals surface area contributed by atoms with Gasteiger partial charge in [0.05, 0.1) is 10.1 Å². The van der Waals surface area contributed by atoms with E-state index in [1.165, 1.54) is 4.88 Å². The first kappa shape index (κ1) is 16.2. The van der Waals surface area contributed by atoms with Crippen LogP contribution in [0, 0.1) is 0 Å². The van der Waals surface area contributed by atoms with Gasteiger partial charge in [-0.1, -0.05) is 12.1 Å². The second kappa shape index (κ2) is 6.01. The van der Waals surface area contributed by atoms with Crippen molar-refractivity contribution >= 4 is 21.2 Å². The molecule has 1 saturated heterocycles. The smallest absolute Gasteiger partial charge is 0.183 e. The van der Waals surface area contributed by atoms with Gasteiger partial charge in [-0.25, -0.2) is 8.42 Å². The quantitative estimate of drug-likeness (QED) is 0.695. The largest absolute Gasteiger partial charge is 0.296 e. The molecule has 0 aliphatic carbocycles. The van der Waals surface area contributed by atoms with Crippen LogP contribution in [-0.2, 0) is 16.4 Å². The van der Waals surface area contributed by atoms with Crippen molar-refractivity contribution in [1.29, 1.82) is 0 Å². The fraction of sp³-hybridized carbons (Fsp3) is 0.250. The van der Waals surface area contributed by atoms with Crippen LogP contribution < -0.4 is 0 Å². The molecule has 0 spiro atoms. The van der Waals surface area contributed by atoms with Gasteiger partial charge in [0.1, 0.15) is 0 Å². The second-order valence-electron chi connectivity index (χ2n) is 6.95. The number of pyridine rings is 1. The van der Waals surface area contributed by atoms with E-state index in [4.69, 9.17) is 0 Å². The minimum absolute atomic E-state index is 0.0664. The van der Waals surface area contributed by atoms with Crippen LogP contribution in [0.1, 0.15) is 16.4 Å². The molecule has 2 aliphatic rings. The highest BCUT2D eigenvalue weighted by atomic mass is 32.2. The maximum absolute atomic E-state index is 13.0.